The Hall–Kier alpha value is -2.60. The second-order valence-corrected chi connectivity index (χ2v) is 5.68. The van der Waals surface area contributed by atoms with Crippen LogP contribution in [-0.2, 0) is 4.79 Å². The van der Waals surface area contributed by atoms with E-state index in [4.69, 9.17) is 25.8 Å². The fraction of sp³-hybridized carbons (Fsp3) is 0.235. The number of hydrogen-bond donors (Lipinski definition) is 2. The summed E-state index contributed by atoms with van der Waals surface area (Å²) in [5.74, 6) is 1.70. The maximum Gasteiger partial charge on any atom is 0.246 e. The summed E-state index contributed by atoms with van der Waals surface area (Å²) in [5, 5.41) is 6.41. The molecule has 2 aromatic carbocycles. The predicted molar refractivity (Wildman–Crippen MR) is 92.3 cm³/mol. The van der Waals surface area contributed by atoms with E-state index in [1.807, 2.05) is 0 Å². The van der Waals surface area contributed by atoms with Crippen LogP contribution in [0.15, 0.2) is 36.4 Å². The van der Waals surface area contributed by atoms with Gasteiger partial charge in [-0.15, -0.1) is 0 Å². The van der Waals surface area contributed by atoms with Gasteiger partial charge in [0.25, 0.3) is 0 Å². The Morgan fingerprint density at radius 1 is 1.17 bits per heavy atom. The summed E-state index contributed by atoms with van der Waals surface area (Å²) in [5.41, 5.74) is 1.37. The van der Waals surface area contributed by atoms with Crippen molar-refractivity contribution in [3.8, 4) is 17.2 Å². The minimum atomic E-state index is -0.458. The topological polar surface area (TPSA) is 68.8 Å². The third-order valence-electron chi connectivity index (χ3n) is 3.57. The van der Waals surface area contributed by atoms with E-state index in [-0.39, 0.29) is 12.7 Å². The van der Waals surface area contributed by atoms with Gasteiger partial charge < -0.3 is 24.8 Å². The number of rotatable bonds is 5. The first-order chi connectivity index (χ1) is 11.6. The van der Waals surface area contributed by atoms with Crippen molar-refractivity contribution in [3.63, 3.8) is 0 Å². The quantitative estimate of drug-likeness (QED) is 0.865. The van der Waals surface area contributed by atoms with Crippen molar-refractivity contribution < 1.29 is 19.0 Å². The highest BCUT2D eigenvalue weighted by atomic mass is 35.5. The molecule has 0 fully saturated rings. The van der Waals surface area contributed by atoms with E-state index < -0.39 is 6.04 Å². The highest BCUT2D eigenvalue weighted by Crippen LogP contribution is 2.34. The van der Waals surface area contributed by atoms with Crippen molar-refractivity contribution in [3.05, 3.63) is 41.4 Å². The average molecular weight is 349 g/mol. The Balaban J connectivity index is 1.63. The number of ether oxygens (including phenoxy) is 3. The first kappa shape index (κ1) is 16.3. The van der Waals surface area contributed by atoms with Crippen LogP contribution in [0, 0.1) is 0 Å². The SMILES string of the molecule is COc1ccc(N[C@H](C)C(=O)Nc2ccc3c(c2)OCO3)cc1Cl. The number of carbonyl (C=O) groups excluding carboxylic acids is 1. The third-order valence-corrected chi connectivity index (χ3v) is 3.86. The van der Waals surface area contributed by atoms with Crippen LogP contribution in [0.3, 0.4) is 0 Å². The Bertz CT molecular complexity index is 766. The number of carbonyl (C=O) groups is 1. The Morgan fingerprint density at radius 3 is 2.67 bits per heavy atom. The molecule has 0 bridgehead atoms. The average Bonchev–Trinajstić information content (AvgIpc) is 3.02. The number of benzene rings is 2. The van der Waals surface area contributed by atoms with Gasteiger partial charge in [0, 0.05) is 17.4 Å². The lowest BCUT2D eigenvalue weighted by Crippen LogP contribution is -2.31. The van der Waals surface area contributed by atoms with E-state index >= 15 is 0 Å². The summed E-state index contributed by atoms with van der Waals surface area (Å²) < 4.78 is 15.6. The Morgan fingerprint density at radius 2 is 1.92 bits per heavy atom. The molecule has 0 saturated carbocycles. The van der Waals surface area contributed by atoms with Crippen molar-refractivity contribution in [1.82, 2.24) is 0 Å². The van der Waals surface area contributed by atoms with Crippen LogP contribution in [0.25, 0.3) is 0 Å². The zero-order valence-electron chi connectivity index (χ0n) is 13.3. The van der Waals surface area contributed by atoms with Gasteiger partial charge in [-0.1, -0.05) is 11.6 Å². The summed E-state index contributed by atoms with van der Waals surface area (Å²) in [7, 11) is 1.55. The van der Waals surface area contributed by atoms with Gasteiger partial charge in [-0.25, -0.2) is 0 Å². The van der Waals surface area contributed by atoms with Crippen LogP contribution < -0.4 is 24.8 Å². The van der Waals surface area contributed by atoms with Gasteiger partial charge in [0.05, 0.1) is 12.1 Å². The van der Waals surface area contributed by atoms with Crippen LogP contribution in [0.4, 0.5) is 11.4 Å². The standard InChI is InChI=1S/C17H17ClN2O4/c1-10(19-11-3-5-14(22-2)13(18)7-11)17(21)20-12-4-6-15-16(8-12)24-9-23-15/h3-8,10,19H,9H2,1-2H3,(H,20,21)/t10-/m1/s1. The fourth-order valence-electron chi connectivity index (χ4n) is 2.30. The number of anilines is 2. The summed E-state index contributed by atoms with van der Waals surface area (Å²) in [6.45, 7) is 1.96. The van der Waals surface area contributed by atoms with Crippen LogP contribution in [0.2, 0.25) is 5.02 Å². The molecule has 7 heteroatoms. The van der Waals surface area contributed by atoms with Gasteiger partial charge in [-0.2, -0.15) is 0 Å². The largest absolute Gasteiger partial charge is 0.495 e. The zero-order chi connectivity index (χ0) is 17.1. The minimum Gasteiger partial charge on any atom is -0.495 e. The molecule has 3 rings (SSSR count). The molecule has 1 heterocycles. The minimum absolute atomic E-state index is 0.180. The van der Waals surface area contributed by atoms with E-state index in [1.165, 1.54) is 0 Å². The maximum atomic E-state index is 12.3. The van der Waals surface area contributed by atoms with E-state index in [2.05, 4.69) is 10.6 Å². The van der Waals surface area contributed by atoms with Gasteiger partial charge in [0.1, 0.15) is 11.8 Å². The monoisotopic (exact) mass is 348 g/mol. The summed E-state index contributed by atoms with van der Waals surface area (Å²) in [6.07, 6.45) is 0. The molecule has 1 atom stereocenters. The fourth-order valence-corrected chi connectivity index (χ4v) is 2.55. The molecule has 0 unspecified atom stereocenters. The van der Waals surface area contributed by atoms with E-state index in [1.54, 1.807) is 50.4 Å². The molecule has 126 valence electrons. The third kappa shape index (κ3) is 3.49. The van der Waals surface area contributed by atoms with E-state index in [0.717, 1.165) is 5.69 Å². The molecule has 2 N–H and O–H groups in total. The van der Waals surface area contributed by atoms with Crippen molar-refractivity contribution in [2.75, 3.05) is 24.5 Å². The molecule has 6 nitrogen and oxygen atoms in total. The molecule has 0 aliphatic carbocycles. The lowest BCUT2D eigenvalue weighted by Gasteiger charge is -2.16. The first-order valence-electron chi connectivity index (χ1n) is 7.37. The lowest BCUT2D eigenvalue weighted by molar-refractivity contribution is -0.116. The molecule has 2 aromatic rings. The highest BCUT2D eigenvalue weighted by molar-refractivity contribution is 6.32. The molecule has 24 heavy (non-hydrogen) atoms. The Labute approximate surface area is 144 Å². The molecule has 1 amide bonds. The van der Waals surface area contributed by atoms with Crippen molar-refractivity contribution in [2.45, 2.75) is 13.0 Å². The van der Waals surface area contributed by atoms with Crippen LogP contribution in [0.5, 0.6) is 17.2 Å². The number of hydrogen-bond acceptors (Lipinski definition) is 5. The van der Waals surface area contributed by atoms with Gasteiger partial charge in [-0.05, 0) is 37.3 Å². The van der Waals surface area contributed by atoms with Gasteiger partial charge >= 0.3 is 0 Å². The van der Waals surface area contributed by atoms with Crippen LogP contribution in [0.1, 0.15) is 6.92 Å². The second kappa shape index (κ2) is 6.88. The molecule has 0 radical (unpaired) electrons. The van der Waals surface area contributed by atoms with Crippen LogP contribution in [-0.4, -0.2) is 25.9 Å². The maximum absolute atomic E-state index is 12.3. The van der Waals surface area contributed by atoms with E-state index in [0.29, 0.717) is 28.0 Å². The number of methoxy groups -OCH3 is 1. The predicted octanol–water partition coefficient (Wildman–Crippen LogP) is 3.52. The molecular formula is C17H17ClN2O4. The second-order valence-electron chi connectivity index (χ2n) is 5.27. The first-order valence-corrected chi connectivity index (χ1v) is 7.75. The number of fused-ring (bicyclic) bond motifs is 1. The lowest BCUT2D eigenvalue weighted by atomic mass is 10.2. The number of nitrogens with one attached hydrogen (secondary N) is 2. The van der Waals surface area contributed by atoms with Crippen molar-refractivity contribution >= 4 is 28.9 Å². The van der Waals surface area contributed by atoms with Gasteiger partial charge in [-0.3, -0.25) is 4.79 Å². The Kier molecular flexibility index (Phi) is 4.66. The smallest absolute Gasteiger partial charge is 0.246 e. The molecule has 1 aliphatic heterocycles. The van der Waals surface area contributed by atoms with Crippen molar-refractivity contribution in [2.24, 2.45) is 0 Å². The van der Waals surface area contributed by atoms with Gasteiger partial charge in [0.2, 0.25) is 12.7 Å². The zero-order valence-corrected chi connectivity index (χ0v) is 14.0. The molecular weight excluding hydrogens is 332 g/mol. The van der Waals surface area contributed by atoms with Gasteiger partial charge in [0.15, 0.2) is 11.5 Å². The molecule has 1 aliphatic rings. The summed E-state index contributed by atoms with van der Waals surface area (Å²) >= 11 is 6.09. The molecule has 0 spiro atoms. The molecule has 0 saturated heterocycles. The number of halogens is 1. The number of amides is 1. The summed E-state index contributed by atoms with van der Waals surface area (Å²) in [6, 6.07) is 10.1. The van der Waals surface area contributed by atoms with Crippen LogP contribution >= 0.6 is 11.6 Å². The van der Waals surface area contributed by atoms with Crippen molar-refractivity contribution in [1.29, 1.82) is 0 Å². The molecule has 0 aromatic heterocycles. The van der Waals surface area contributed by atoms with E-state index in [9.17, 15) is 4.79 Å². The normalized spacial score (nSPS) is 13.3. The summed E-state index contributed by atoms with van der Waals surface area (Å²) in [4.78, 5) is 12.3. The highest BCUT2D eigenvalue weighted by Gasteiger charge is 2.17.